The number of unbranched alkanes of at least 4 members (excludes halogenated alkanes) is 8. The molecule has 0 aliphatic rings. The first-order valence-corrected chi connectivity index (χ1v) is 11.3. The number of benzene rings is 1. The van der Waals surface area contributed by atoms with Gasteiger partial charge in [0.1, 0.15) is 5.82 Å². The zero-order valence-corrected chi connectivity index (χ0v) is 19.5. The molecule has 0 spiro atoms. The van der Waals surface area contributed by atoms with Crippen molar-refractivity contribution in [3.63, 3.8) is 0 Å². The molecule has 2 aromatic heterocycles. The van der Waals surface area contributed by atoms with Gasteiger partial charge in [-0.15, -0.1) is 12.4 Å². The van der Waals surface area contributed by atoms with E-state index >= 15 is 0 Å². The van der Waals surface area contributed by atoms with Gasteiger partial charge in [-0.25, -0.2) is 4.98 Å². The van der Waals surface area contributed by atoms with Crippen molar-refractivity contribution in [3.8, 4) is 0 Å². The Kier molecular flexibility index (Phi) is 13.8. The highest BCUT2D eigenvalue weighted by Crippen LogP contribution is 2.12. The molecule has 0 saturated heterocycles. The normalized spacial score (nSPS) is 11.4. The minimum atomic E-state index is 0. The van der Waals surface area contributed by atoms with Crippen LogP contribution in [-0.2, 0) is 6.42 Å². The van der Waals surface area contributed by atoms with Crippen molar-refractivity contribution < 1.29 is 0 Å². The first-order chi connectivity index (χ1) is 14.2. The van der Waals surface area contributed by atoms with Crippen molar-refractivity contribution in [3.05, 3.63) is 60.3 Å². The molecule has 3 rings (SSSR count). The minimum Gasteiger partial charge on any atom is -0.345 e. The highest BCUT2D eigenvalue weighted by molar-refractivity contribution is 5.85. The zero-order chi connectivity index (χ0) is 20.7. The van der Waals surface area contributed by atoms with Crippen molar-refractivity contribution >= 4 is 23.3 Å². The van der Waals surface area contributed by atoms with Gasteiger partial charge in [0.2, 0.25) is 0 Å². The lowest BCUT2D eigenvalue weighted by molar-refractivity contribution is 0.562. The Bertz CT molecular complexity index is 735. The van der Waals surface area contributed by atoms with Crippen LogP contribution < -0.4 is 5.73 Å². The summed E-state index contributed by atoms with van der Waals surface area (Å²) in [5, 5.41) is 1.20. The van der Waals surface area contributed by atoms with Crippen LogP contribution in [0.3, 0.4) is 0 Å². The number of aromatic nitrogens is 3. The zero-order valence-electron chi connectivity index (χ0n) is 18.6. The molecule has 0 amide bonds. The molecule has 3 N–H and O–H groups in total. The Morgan fingerprint density at radius 1 is 0.867 bits per heavy atom. The largest absolute Gasteiger partial charge is 0.345 e. The van der Waals surface area contributed by atoms with E-state index in [0.717, 1.165) is 23.5 Å². The summed E-state index contributed by atoms with van der Waals surface area (Å²) in [6.07, 6.45) is 17.1. The van der Waals surface area contributed by atoms with E-state index in [1.807, 2.05) is 43.6 Å². The molecule has 0 aliphatic carbocycles. The van der Waals surface area contributed by atoms with Gasteiger partial charge in [0.05, 0.1) is 11.2 Å². The van der Waals surface area contributed by atoms with Crippen molar-refractivity contribution in [1.82, 2.24) is 15.0 Å². The van der Waals surface area contributed by atoms with Gasteiger partial charge in [-0.2, -0.15) is 0 Å². The third-order valence-electron chi connectivity index (χ3n) is 5.17. The smallest absolute Gasteiger partial charge is 0.106 e. The van der Waals surface area contributed by atoms with Gasteiger partial charge in [0.15, 0.2) is 0 Å². The quantitative estimate of drug-likeness (QED) is 0.317. The number of pyridine rings is 1. The molecule has 2 heterocycles. The third kappa shape index (κ3) is 10.2. The number of H-pyrrole nitrogens is 1. The molecule has 1 atom stereocenters. The maximum atomic E-state index is 5.80. The fourth-order valence-corrected chi connectivity index (χ4v) is 3.36. The Morgan fingerprint density at radius 2 is 1.50 bits per heavy atom. The predicted octanol–water partition coefficient (Wildman–Crippen LogP) is 7.16. The van der Waals surface area contributed by atoms with Crippen molar-refractivity contribution in [2.75, 3.05) is 0 Å². The van der Waals surface area contributed by atoms with Gasteiger partial charge < -0.3 is 10.7 Å². The molecule has 0 radical (unpaired) electrons. The Morgan fingerprint density at radius 3 is 2.13 bits per heavy atom. The second kappa shape index (κ2) is 15.9. The second-order valence-corrected chi connectivity index (χ2v) is 7.85. The number of imidazole rings is 1. The van der Waals surface area contributed by atoms with E-state index in [0.29, 0.717) is 0 Å². The van der Waals surface area contributed by atoms with Gasteiger partial charge in [0.25, 0.3) is 0 Å². The number of nitrogens with zero attached hydrogens (tertiary/aromatic N) is 2. The summed E-state index contributed by atoms with van der Waals surface area (Å²) in [4.78, 5) is 11.9. The lowest BCUT2D eigenvalue weighted by Crippen LogP contribution is -2.05. The molecule has 30 heavy (non-hydrogen) atoms. The molecular formula is C25H39ClN4. The summed E-state index contributed by atoms with van der Waals surface area (Å²) in [5.74, 6) is 1.09. The van der Waals surface area contributed by atoms with Crippen molar-refractivity contribution in [1.29, 1.82) is 0 Å². The van der Waals surface area contributed by atoms with E-state index in [1.165, 1.54) is 63.2 Å². The number of rotatable bonds is 11. The topological polar surface area (TPSA) is 67.6 Å². The van der Waals surface area contributed by atoms with Crippen LogP contribution in [0.4, 0.5) is 0 Å². The maximum absolute atomic E-state index is 5.80. The SMILES string of the molecule is CCCCCCCCCCCc1ncc(C(C)N)[nH]1.Cl.c1ccc2ncccc2c1. The number of nitrogens with one attached hydrogen (secondary N) is 1. The van der Waals surface area contributed by atoms with Gasteiger partial charge in [0, 0.05) is 30.2 Å². The first kappa shape index (κ1) is 26.1. The molecule has 4 nitrogen and oxygen atoms in total. The molecule has 5 heteroatoms. The molecule has 0 saturated carbocycles. The molecular weight excluding hydrogens is 392 g/mol. The predicted molar refractivity (Wildman–Crippen MR) is 131 cm³/mol. The average molecular weight is 431 g/mol. The van der Waals surface area contributed by atoms with Gasteiger partial charge in [-0.1, -0.05) is 82.6 Å². The number of aryl methyl sites for hydroxylation is 1. The van der Waals surface area contributed by atoms with Crippen LogP contribution in [0.2, 0.25) is 0 Å². The maximum Gasteiger partial charge on any atom is 0.106 e. The highest BCUT2D eigenvalue weighted by Gasteiger charge is 2.04. The number of halogens is 1. The third-order valence-corrected chi connectivity index (χ3v) is 5.17. The van der Waals surface area contributed by atoms with Crippen molar-refractivity contribution in [2.24, 2.45) is 5.73 Å². The number of para-hydroxylation sites is 1. The van der Waals surface area contributed by atoms with Crippen LogP contribution >= 0.6 is 12.4 Å². The first-order valence-electron chi connectivity index (χ1n) is 11.3. The molecule has 0 bridgehead atoms. The minimum absolute atomic E-state index is 0. The van der Waals surface area contributed by atoms with E-state index in [9.17, 15) is 0 Å². The number of hydrogen-bond acceptors (Lipinski definition) is 3. The summed E-state index contributed by atoms with van der Waals surface area (Å²) >= 11 is 0. The molecule has 166 valence electrons. The molecule has 3 aromatic rings. The molecule has 1 aromatic carbocycles. The Hall–Kier alpha value is -1.91. The lowest BCUT2D eigenvalue weighted by atomic mass is 10.1. The van der Waals surface area contributed by atoms with Crippen LogP contribution in [0.25, 0.3) is 10.9 Å². The fraction of sp³-hybridized carbons (Fsp3) is 0.520. The lowest BCUT2D eigenvalue weighted by Gasteiger charge is -2.02. The fourth-order valence-electron chi connectivity index (χ4n) is 3.36. The van der Waals surface area contributed by atoms with E-state index in [2.05, 4.69) is 34.0 Å². The van der Waals surface area contributed by atoms with Crippen LogP contribution in [-0.4, -0.2) is 15.0 Å². The number of aromatic amines is 1. The summed E-state index contributed by atoms with van der Waals surface area (Å²) in [6.45, 7) is 4.25. The summed E-state index contributed by atoms with van der Waals surface area (Å²) in [7, 11) is 0. The Balaban J connectivity index is 0.000000342. The summed E-state index contributed by atoms with van der Waals surface area (Å²) < 4.78 is 0. The van der Waals surface area contributed by atoms with E-state index in [1.54, 1.807) is 0 Å². The Labute approximate surface area is 188 Å². The van der Waals surface area contributed by atoms with Crippen LogP contribution in [0.5, 0.6) is 0 Å². The molecule has 1 unspecified atom stereocenters. The molecule has 0 fully saturated rings. The number of hydrogen-bond donors (Lipinski definition) is 2. The standard InChI is InChI=1S/C16H31N3.C9H7N.ClH/c1-3-4-5-6-7-8-9-10-11-12-16-18-13-15(19-16)14(2)17;1-2-6-9-8(4-1)5-3-7-10-9;/h13-14H,3-12,17H2,1-2H3,(H,18,19);1-7H;1H. The number of nitrogens with two attached hydrogens (primary N) is 1. The highest BCUT2D eigenvalue weighted by atomic mass is 35.5. The summed E-state index contributed by atoms with van der Waals surface area (Å²) in [5.41, 5.74) is 7.91. The second-order valence-electron chi connectivity index (χ2n) is 7.85. The summed E-state index contributed by atoms with van der Waals surface area (Å²) in [6, 6.07) is 12.1. The van der Waals surface area contributed by atoms with Crippen LogP contribution in [0.15, 0.2) is 48.8 Å². The van der Waals surface area contributed by atoms with Gasteiger partial charge >= 0.3 is 0 Å². The molecule has 0 aliphatic heterocycles. The average Bonchev–Trinajstić information content (AvgIpc) is 3.22. The van der Waals surface area contributed by atoms with Gasteiger partial charge in [-0.3, -0.25) is 4.98 Å². The van der Waals surface area contributed by atoms with Crippen molar-refractivity contribution in [2.45, 2.75) is 84.1 Å². The van der Waals surface area contributed by atoms with Crippen LogP contribution in [0, 0.1) is 0 Å². The van der Waals surface area contributed by atoms with E-state index in [4.69, 9.17) is 5.73 Å². The van der Waals surface area contributed by atoms with E-state index in [-0.39, 0.29) is 18.4 Å². The monoisotopic (exact) mass is 430 g/mol. The van der Waals surface area contributed by atoms with Crippen LogP contribution in [0.1, 0.15) is 89.2 Å². The van der Waals surface area contributed by atoms with E-state index < -0.39 is 0 Å². The van der Waals surface area contributed by atoms with Gasteiger partial charge in [-0.05, 0) is 25.5 Å². The number of fused-ring (bicyclic) bond motifs is 1.